The normalized spacial score (nSPS) is 15.3. The number of aliphatic hydroxyl groups excluding tert-OH is 1. The number of rotatable bonds is 37. The van der Waals surface area contributed by atoms with Crippen molar-refractivity contribution in [2.24, 2.45) is 5.73 Å². The number of unbranched alkanes of at least 4 members (excludes halogenated alkanes) is 5. The standard InChI is InChI=1S/C46H72NO11P/c1-3-5-7-9-11-13-15-17-19-21-22-24-26-28-30-32-34-41(48)36-37-44(49)55-38-42(39-56-59(53,54)57-40-43(47)46(51)52)58-45(50)35-33-31-29-27-25-23-20-18-16-14-12-10-8-6-4-2/h5-8,11-14,17-20,22,24,28,30,32,34,41-43,48H,3-4,9-10,15-16,21,23,25-27,29,31,33,35-40,47H2,1-2H3,(H,51,52)(H,53,54)/b7-5-,8-6-,13-11-,14-12-,19-17-,20-18-,24-22-,30-28-,34-32-/t41?,42-,43+/m1/s1. The van der Waals surface area contributed by atoms with Gasteiger partial charge in [0, 0.05) is 12.8 Å². The largest absolute Gasteiger partial charge is 0.480 e. The molecule has 0 radical (unpaired) electrons. The third kappa shape index (κ3) is 39.3. The van der Waals surface area contributed by atoms with Crippen molar-refractivity contribution in [1.82, 2.24) is 0 Å². The minimum absolute atomic E-state index is 0.0787. The summed E-state index contributed by atoms with van der Waals surface area (Å²) < 4.78 is 32.5. The molecule has 0 spiro atoms. The molecule has 0 aromatic heterocycles. The summed E-state index contributed by atoms with van der Waals surface area (Å²) in [4.78, 5) is 45.9. The van der Waals surface area contributed by atoms with E-state index < -0.39 is 63.8 Å². The van der Waals surface area contributed by atoms with E-state index in [0.29, 0.717) is 6.42 Å². The number of esters is 2. The van der Waals surface area contributed by atoms with Crippen molar-refractivity contribution in [2.75, 3.05) is 19.8 Å². The van der Waals surface area contributed by atoms with Gasteiger partial charge in [-0.05, 0) is 77.0 Å². The molecule has 2 unspecified atom stereocenters. The van der Waals surface area contributed by atoms with Crippen molar-refractivity contribution in [3.05, 3.63) is 109 Å². The first-order valence-corrected chi connectivity index (χ1v) is 22.5. The smallest absolute Gasteiger partial charge is 0.472 e. The number of carbonyl (C=O) groups excluding carboxylic acids is 2. The molecule has 0 heterocycles. The molecule has 5 N–H and O–H groups in total. The molecule has 0 aliphatic rings. The van der Waals surface area contributed by atoms with Gasteiger partial charge in [-0.25, -0.2) is 4.57 Å². The Balaban J connectivity index is 4.66. The fourth-order valence-electron chi connectivity index (χ4n) is 4.83. The quantitative estimate of drug-likeness (QED) is 0.0152. The zero-order valence-corrected chi connectivity index (χ0v) is 36.3. The molecule has 0 amide bonds. The van der Waals surface area contributed by atoms with Gasteiger partial charge in [-0.3, -0.25) is 23.4 Å². The van der Waals surface area contributed by atoms with E-state index in [2.05, 4.69) is 103 Å². The van der Waals surface area contributed by atoms with Gasteiger partial charge >= 0.3 is 25.7 Å². The molecule has 0 aromatic carbocycles. The van der Waals surface area contributed by atoms with Crippen molar-refractivity contribution in [2.45, 2.75) is 141 Å². The van der Waals surface area contributed by atoms with Crippen LogP contribution >= 0.6 is 7.82 Å². The summed E-state index contributed by atoms with van der Waals surface area (Å²) in [6, 6.07) is -1.56. The number of aliphatic hydroxyl groups is 1. The summed E-state index contributed by atoms with van der Waals surface area (Å²) in [7, 11) is -4.78. The van der Waals surface area contributed by atoms with Gasteiger partial charge < -0.3 is 30.3 Å². The maximum absolute atomic E-state index is 12.6. The highest BCUT2D eigenvalue weighted by atomic mass is 31.2. The van der Waals surface area contributed by atoms with Crippen molar-refractivity contribution >= 4 is 25.7 Å². The third-order valence-electron chi connectivity index (χ3n) is 8.13. The fraction of sp³-hybridized carbons (Fsp3) is 0.543. The van der Waals surface area contributed by atoms with Crippen LogP contribution in [-0.2, 0) is 37.5 Å². The van der Waals surface area contributed by atoms with E-state index in [4.69, 9.17) is 24.8 Å². The lowest BCUT2D eigenvalue weighted by Gasteiger charge is -2.20. The first-order chi connectivity index (χ1) is 28.5. The van der Waals surface area contributed by atoms with Crippen LogP contribution in [0.2, 0.25) is 0 Å². The second-order valence-corrected chi connectivity index (χ2v) is 15.0. The van der Waals surface area contributed by atoms with Crippen LogP contribution in [0.5, 0.6) is 0 Å². The Morgan fingerprint density at radius 3 is 1.66 bits per heavy atom. The molecule has 59 heavy (non-hydrogen) atoms. The Hall–Kier alpha value is -3.90. The lowest BCUT2D eigenvalue weighted by molar-refractivity contribution is -0.161. The van der Waals surface area contributed by atoms with Crippen LogP contribution in [-0.4, -0.2) is 71.1 Å². The molecule has 4 atom stereocenters. The molecule has 332 valence electrons. The Labute approximate surface area is 353 Å². The van der Waals surface area contributed by atoms with E-state index in [0.717, 1.165) is 83.5 Å². The molecular weight excluding hydrogens is 773 g/mol. The Kier molecular flexibility index (Phi) is 36.9. The SMILES string of the molecule is CC/C=C\C/C=C\C/C=C\C/C=C\C/C=C\C=C/C(O)CCC(=O)OC[C@H](COP(=O)(O)OC[C@H](N)C(=O)O)OC(=O)CCCCCCC/C=C\C/C=C\C/C=C\CC. The van der Waals surface area contributed by atoms with E-state index in [9.17, 15) is 28.9 Å². The molecule has 13 heteroatoms. The van der Waals surface area contributed by atoms with Gasteiger partial charge in [-0.2, -0.15) is 0 Å². The van der Waals surface area contributed by atoms with Gasteiger partial charge in [0.05, 0.1) is 19.3 Å². The van der Waals surface area contributed by atoms with Crippen LogP contribution in [0.15, 0.2) is 109 Å². The summed E-state index contributed by atoms with van der Waals surface area (Å²) in [5, 5.41) is 19.1. The Morgan fingerprint density at radius 2 is 1.10 bits per heavy atom. The fourth-order valence-corrected chi connectivity index (χ4v) is 5.61. The topological polar surface area (TPSA) is 192 Å². The minimum atomic E-state index is -4.78. The molecule has 0 saturated heterocycles. The summed E-state index contributed by atoms with van der Waals surface area (Å²) >= 11 is 0. The highest BCUT2D eigenvalue weighted by molar-refractivity contribution is 7.47. The van der Waals surface area contributed by atoms with Crippen LogP contribution in [0.25, 0.3) is 0 Å². The second kappa shape index (κ2) is 39.6. The van der Waals surface area contributed by atoms with E-state index in [1.807, 2.05) is 12.2 Å². The maximum atomic E-state index is 12.6. The van der Waals surface area contributed by atoms with Gasteiger partial charge in [0.15, 0.2) is 6.10 Å². The third-order valence-corrected chi connectivity index (χ3v) is 9.08. The summed E-state index contributed by atoms with van der Waals surface area (Å²) in [5.74, 6) is -2.73. The van der Waals surface area contributed by atoms with E-state index >= 15 is 0 Å². The number of phosphoric ester groups is 1. The predicted molar refractivity (Wildman–Crippen MR) is 236 cm³/mol. The molecule has 0 rings (SSSR count). The number of ether oxygens (including phenoxy) is 2. The highest BCUT2D eigenvalue weighted by Crippen LogP contribution is 2.43. The molecule has 0 aliphatic carbocycles. The Bertz CT molecular complexity index is 1430. The molecule has 0 aromatic rings. The lowest BCUT2D eigenvalue weighted by atomic mass is 10.1. The number of hydrogen-bond donors (Lipinski definition) is 4. The zero-order chi connectivity index (χ0) is 43.7. The molecule has 0 saturated carbocycles. The average molecular weight is 846 g/mol. The summed E-state index contributed by atoms with van der Waals surface area (Å²) in [5.41, 5.74) is 5.31. The molecule has 0 fully saturated rings. The van der Waals surface area contributed by atoms with Gasteiger partial charge in [0.25, 0.3) is 0 Å². The van der Waals surface area contributed by atoms with Crippen molar-refractivity contribution in [1.29, 1.82) is 0 Å². The molecular formula is C46H72NO11P. The predicted octanol–water partition coefficient (Wildman–Crippen LogP) is 10.0. The number of carbonyl (C=O) groups is 3. The monoisotopic (exact) mass is 845 g/mol. The second-order valence-electron chi connectivity index (χ2n) is 13.6. The number of allylic oxidation sites excluding steroid dienone is 17. The summed E-state index contributed by atoms with van der Waals surface area (Å²) in [6.07, 6.45) is 47.7. The van der Waals surface area contributed by atoms with Crippen LogP contribution in [0, 0.1) is 0 Å². The van der Waals surface area contributed by atoms with E-state index in [-0.39, 0.29) is 19.3 Å². The van der Waals surface area contributed by atoms with Crippen LogP contribution < -0.4 is 5.73 Å². The van der Waals surface area contributed by atoms with E-state index in [1.165, 1.54) is 0 Å². The number of carboxylic acids is 1. The van der Waals surface area contributed by atoms with E-state index in [1.54, 1.807) is 12.2 Å². The van der Waals surface area contributed by atoms with Gasteiger partial charge in [-0.15, -0.1) is 0 Å². The average Bonchev–Trinajstić information content (AvgIpc) is 3.21. The molecule has 12 nitrogen and oxygen atoms in total. The van der Waals surface area contributed by atoms with Gasteiger partial charge in [0.2, 0.25) is 0 Å². The van der Waals surface area contributed by atoms with Crippen molar-refractivity contribution < 1.29 is 52.6 Å². The van der Waals surface area contributed by atoms with Crippen LogP contribution in [0.3, 0.4) is 0 Å². The first-order valence-electron chi connectivity index (χ1n) is 21.0. The van der Waals surface area contributed by atoms with Gasteiger partial charge in [0.1, 0.15) is 12.6 Å². The number of hydrogen-bond acceptors (Lipinski definition) is 10. The Morgan fingerprint density at radius 1 is 0.610 bits per heavy atom. The number of carboxylic acid groups (broad SMARTS) is 1. The summed E-state index contributed by atoms with van der Waals surface area (Å²) in [6.45, 7) is 2.28. The minimum Gasteiger partial charge on any atom is -0.480 e. The molecule has 0 bridgehead atoms. The van der Waals surface area contributed by atoms with Crippen molar-refractivity contribution in [3.63, 3.8) is 0 Å². The lowest BCUT2D eigenvalue weighted by Crippen LogP contribution is -2.34. The highest BCUT2D eigenvalue weighted by Gasteiger charge is 2.28. The molecule has 0 aliphatic heterocycles. The maximum Gasteiger partial charge on any atom is 0.472 e. The van der Waals surface area contributed by atoms with Crippen LogP contribution in [0.4, 0.5) is 0 Å². The zero-order valence-electron chi connectivity index (χ0n) is 35.4. The van der Waals surface area contributed by atoms with Crippen molar-refractivity contribution in [3.8, 4) is 0 Å². The van der Waals surface area contributed by atoms with Crippen LogP contribution in [0.1, 0.15) is 123 Å². The number of nitrogens with two attached hydrogens (primary N) is 1. The number of phosphoric acid groups is 1. The first kappa shape index (κ1) is 55.1. The number of aliphatic carboxylic acids is 1. The van der Waals surface area contributed by atoms with Gasteiger partial charge in [-0.1, -0.05) is 142 Å².